The predicted molar refractivity (Wildman–Crippen MR) is 131 cm³/mol. The van der Waals surface area contributed by atoms with Crippen LogP contribution in [0.3, 0.4) is 0 Å². The van der Waals surface area contributed by atoms with Crippen LogP contribution in [-0.2, 0) is 6.54 Å². The summed E-state index contributed by atoms with van der Waals surface area (Å²) in [5.41, 5.74) is 6.19. The second-order valence-corrected chi connectivity index (χ2v) is 7.66. The maximum Gasteiger partial charge on any atom is 0.322 e. The number of nitrogens with one attached hydrogen (secondary N) is 2. The lowest BCUT2D eigenvalue weighted by atomic mass is 10.0. The van der Waals surface area contributed by atoms with Crippen LogP contribution in [0.25, 0.3) is 11.1 Å². The molecule has 0 heterocycles. The van der Waals surface area contributed by atoms with Gasteiger partial charge in [-0.15, -0.1) is 0 Å². The summed E-state index contributed by atoms with van der Waals surface area (Å²) < 4.78 is 5.55. The molecular formula is C26H30N4O3. The van der Waals surface area contributed by atoms with E-state index in [2.05, 4.69) is 17.7 Å². The standard InChI is InChI=1S/C26H30N4O3/c1-3-4-16-30(18-19-10-12-21(13-11-19)25(31)29-27)26(32)28-23-15-14-22(17-24(23)33-2)20-8-6-5-7-9-20/h5-15,17H,3-4,16,18,27H2,1-2H3,(H,28,32)(H,29,31). The van der Waals surface area contributed by atoms with Crippen molar-refractivity contribution in [3.05, 3.63) is 83.9 Å². The van der Waals surface area contributed by atoms with Crippen LogP contribution in [-0.4, -0.2) is 30.5 Å². The number of methoxy groups -OCH3 is 1. The quantitative estimate of drug-likeness (QED) is 0.250. The number of anilines is 1. The van der Waals surface area contributed by atoms with E-state index in [1.165, 1.54) is 0 Å². The zero-order valence-electron chi connectivity index (χ0n) is 19.0. The van der Waals surface area contributed by atoms with Crippen molar-refractivity contribution in [3.63, 3.8) is 0 Å². The number of nitrogens with zero attached hydrogens (tertiary/aromatic N) is 1. The summed E-state index contributed by atoms with van der Waals surface area (Å²) in [5.74, 6) is 5.43. The Balaban J connectivity index is 1.76. The van der Waals surface area contributed by atoms with Crippen LogP contribution in [0.4, 0.5) is 10.5 Å². The van der Waals surface area contributed by atoms with E-state index < -0.39 is 0 Å². The second-order valence-electron chi connectivity index (χ2n) is 7.66. The molecule has 0 aliphatic rings. The number of ether oxygens (including phenoxy) is 1. The van der Waals surface area contributed by atoms with Crippen molar-refractivity contribution in [3.8, 4) is 16.9 Å². The molecule has 0 saturated heterocycles. The van der Waals surface area contributed by atoms with Crippen LogP contribution < -0.4 is 21.3 Å². The number of benzene rings is 3. The van der Waals surface area contributed by atoms with E-state index in [1.807, 2.05) is 60.7 Å². The van der Waals surface area contributed by atoms with Gasteiger partial charge in [-0.1, -0.05) is 61.9 Å². The van der Waals surface area contributed by atoms with Gasteiger partial charge in [0.05, 0.1) is 12.8 Å². The molecule has 0 saturated carbocycles. The Kier molecular flexibility index (Phi) is 8.43. The molecule has 3 amide bonds. The molecule has 7 nitrogen and oxygen atoms in total. The number of carbonyl (C=O) groups is 2. The summed E-state index contributed by atoms with van der Waals surface area (Å²) >= 11 is 0. The number of urea groups is 1. The number of unbranched alkanes of at least 4 members (excludes halogenated alkanes) is 1. The van der Waals surface area contributed by atoms with Crippen LogP contribution in [0.2, 0.25) is 0 Å². The molecule has 0 bridgehead atoms. The molecule has 33 heavy (non-hydrogen) atoms. The highest BCUT2D eigenvalue weighted by atomic mass is 16.5. The highest BCUT2D eigenvalue weighted by Crippen LogP contribution is 2.31. The first-order valence-corrected chi connectivity index (χ1v) is 10.9. The number of hydrogen-bond acceptors (Lipinski definition) is 4. The summed E-state index contributed by atoms with van der Waals surface area (Å²) in [6.07, 6.45) is 1.85. The van der Waals surface area contributed by atoms with Crippen molar-refractivity contribution >= 4 is 17.6 Å². The van der Waals surface area contributed by atoms with Gasteiger partial charge in [0.2, 0.25) is 0 Å². The first kappa shape index (κ1) is 23.8. The molecule has 0 unspecified atom stereocenters. The third kappa shape index (κ3) is 6.33. The van der Waals surface area contributed by atoms with Gasteiger partial charge in [-0.05, 0) is 47.4 Å². The van der Waals surface area contributed by atoms with Crippen molar-refractivity contribution in [1.29, 1.82) is 0 Å². The predicted octanol–water partition coefficient (Wildman–Crippen LogP) is 4.80. The van der Waals surface area contributed by atoms with Gasteiger partial charge in [-0.25, -0.2) is 10.6 Å². The number of rotatable bonds is 9. The van der Waals surface area contributed by atoms with Crippen LogP contribution in [0.5, 0.6) is 5.75 Å². The van der Waals surface area contributed by atoms with E-state index in [4.69, 9.17) is 10.6 Å². The van der Waals surface area contributed by atoms with Gasteiger partial charge in [0.15, 0.2) is 0 Å². The molecule has 3 aromatic carbocycles. The third-order valence-corrected chi connectivity index (χ3v) is 5.34. The van der Waals surface area contributed by atoms with Crippen LogP contribution in [0.15, 0.2) is 72.8 Å². The average Bonchev–Trinajstić information content (AvgIpc) is 2.87. The minimum Gasteiger partial charge on any atom is -0.495 e. The Bertz CT molecular complexity index is 1070. The number of hydrogen-bond donors (Lipinski definition) is 3. The Hall–Kier alpha value is -3.84. The second kappa shape index (κ2) is 11.7. The Morgan fingerprint density at radius 3 is 2.33 bits per heavy atom. The summed E-state index contributed by atoms with van der Waals surface area (Å²) in [6, 6.07) is 22.6. The molecule has 0 aromatic heterocycles. The Morgan fingerprint density at radius 2 is 1.70 bits per heavy atom. The molecule has 3 rings (SSSR count). The van der Waals surface area contributed by atoms with Crippen molar-refractivity contribution < 1.29 is 14.3 Å². The molecular weight excluding hydrogens is 416 g/mol. The van der Waals surface area contributed by atoms with E-state index in [1.54, 1.807) is 24.1 Å². The molecule has 3 aromatic rings. The number of hydrazine groups is 1. The van der Waals surface area contributed by atoms with Gasteiger partial charge >= 0.3 is 6.03 Å². The van der Waals surface area contributed by atoms with Gasteiger partial charge in [-0.2, -0.15) is 0 Å². The Morgan fingerprint density at radius 1 is 0.970 bits per heavy atom. The van der Waals surface area contributed by atoms with Crippen molar-refractivity contribution in [2.75, 3.05) is 19.0 Å². The molecule has 0 atom stereocenters. The molecule has 7 heteroatoms. The van der Waals surface area contributed by atoms with Gasteiger partial charge in [0.1, 0.15) is 5.75 Å². The fourth-order valence-electron chi connectivity index (χ4n) is 3.47. The van der Waals surface area contributed by atoms with Crippen molar-refractivity contribution in [1.82, 2.24) is 10.3 Å². The zero-order valence-corrected chi connectivity index (χ0v) is 19.0. The van der Waals surface area contributed by atoms with Gasteiger partial charge < -0.3 is 15.0 Å². The lowest BCUT2D eigenvalue weighted by Crippen LogP contribution is -2.35. The van der Waals surface area contributed by atoms with Crippen LogP contribution in [0.1, 0.15) is 35.7 Å². The van der Waals surface area contributed by atoms with E-state index >= 15 is 0 Å². The topological polar surface area (TPSA) is 96.7 Å². The maximum atomic E-state index is 13.1. The largest absolute Gasteiger partial charge is 0.495 e. The van der Waals surface area contributed by atoms with Crippen LogP contribution >= 0.6 is 0 Å². The normalized spacial score (nSPS) is 10.4. The molecule has 0 fully saturated rings. The fraction of sp³-hybridized carbons (Fsp3) is 0.231. The van der Waals surface area contributed by atoms with Gasteiger partial charge in [0, 0.05) is 18.7 Å². The lowest BCUT2D eigenvalue weighted by Gasteiger charge is -2.24. The van der Waals surface area contributed by atoms with E-state index in [0.29, 0.717) is 30.1 Å². The van der Waals surface area contributed by atoms with E-state index in [-0.39, 0.29) is 11.9 Å². The smallest absolute Gasteiger partial charge is 0.322 e. The minimum absolute atomic E-state index is 0.210. The molecule has 0 spiro atoms. The first-order valence-electron chi connectivity index (χ1n) is 10.9. The molecule has 0 aliphatic carbocycles. The first-order chi connectivity index (χ1) is 16.0. The summed E-state index contributed by atoms with van der Waals surface area (Å²) in [5, 5.41) is 2.99. The zero-order chi connectivity index (χ0) is 23.6. The molecule has 0 radical (unpaired) electrons. The average molecular weight is 447 g/mol. The molecule has 0 aliphatic heterocycles. The minimum atomic E-state index is -0.354. The summed E-state index contributed by atoms with van der Waals surface area (Å²) in [7, 11) is 1.59. The summed E-state index contributed by atoms with van der Waals surface area (Å²) in [4.78, 5) is 26.6. The SMILES string of the molecule is CCCCN(Cc1ccc(C(=O)NN)cc1)C(=O)Nc1ccc(-c2ccccc2)cc1OC. The van der Waals surface area contributed by atoms with Crippen molar-refractivity contribution in [2.24, 2.45) is 5.84 Å². The van der Waals surface area contributed by atoms with Crippen LogP contribution in [0, 0.1) is 0 Å². The van der Waals surface area contributed by atoms with E-state index in [0.717, 1.165) is 29.5 Å². The monoisotopic (exact) mass is 446 g/mol. The lowest BCUT2D eigenvalue weighted by molar-refractivity contribution is 0.0953. The van der Waals surface area contributed by atoms with E-state index in [9.17, 15) is 9.59 Å². The number of amides is 3. The van der Waals surface area contributed by atoms with Crippen molar-refractivity contribution in [2.45, 2.75) is 26.3 Å². The highest BCUT2D eigenvalue weighted by Gasteiger charge is 2.17. The number of nitrogens with two attached hydrogens (primary N) is 1. The highest BCUT2D eigenvalue weighted by molar-refractivity contribution is 5.94. The summed E-state index contributed by atoms with van der Waals surface area (Å²) in [6.45, 7) is 3.11. The fourth-order valence-corrected chi connectivity index (χ4v) is 3.47. The maximum absolute atomic E-state index is 13.1. The number of nitrogen functional groups attached to an aromatic ring is 1. The Labute approximate surface area is 194 Å². The molecule has 4 N–H and O–H groups in total. The van der Waals surface area contributed by atoms with Gasteiger partial charge in [-0.3, -0.25) is 10.2 Å². The van der Waals surface area contributed by atoms with Gasteiger partial charge in [0.25, 0.3) is 5.91 Å². The molecule has 172 valence electrons. The number of carbonyl (C=O) groups excluding carboxylic acids is 2. The third-order valence-electron chi connectivity index (χ3n) is 5.34.